The van der Waals surface area contributed by atoms with Crippen molar-refractivity contribution < 1.29 is 31.2 Å². The first-order chi connectivity index (χ1) is 16.8. The Morgan fingerprint density at radius 3 is 2.22 bits per heavy atom. The molecule has 1 aromatic heterocycles. The summed E-state index contributed by atoms with van der Waals surface area (Å²) in [4.78, 5) is 38.3. The molecule has 15 heteroatoms. The largest absolute Gasteiger partial charge is 0.421 e. The first-order valence-electron chi connectivity index (χ1n) is 10.0. The number of amides is 2. The molecule has 10 nitrogen and oxygen atoms in total. The van der Waals surface area contributed by atoms with Crippen molar-refractivity contribution in [2.75, 3.05) is 10.6 Å². The number of anilines is 2. The van der Waals surface area contributed by atoms with Crippen LogP contribution in [0.1, 0.15) is 12.5 Å². The Bertz CT molecular complexity index is 1600. The number of halogens is 3. The number of carbonyl (C=O) groups excluding carboxylic acids is 2. The quantitative estimate of drug-likeness (QED) is 0.367. The summed E-state index contributed by atoms with van der Waals surface area (Å²) >= 11 is 5.10. The molecule has 0 unspecified atom stereocenters. The number of nitrogens with one attached hydrogen (secondary N) is 4. The van der Waals surface area contributed by atoms with Gasteiger partial charge in [-0.05, 0) is 48.6 Å². The van der Waals surface area contributed by atoms with Crippen molar-refractivity contribution in [2.45, 2.75) is 23.5 Å². The van der Waals surface area contributed by atoms with Crippen LogP contribution in [0.15, 0.2) is 64.3 Å². The standard InChI is InChI=1S/C21H16F3N5O5S2/c1-11(30)25-12-7-9-14(10-8-12)36(33,34)28-20(21(22,23)24)15-16(26-18(20)32)29(19(35)27-17(15)31)13-5-3-2-4-6-13/h2-10,28H,1H3,(H,25,30)(H,26,32)(H,27,31,35)/t20-/m0/s1. The van der Waals surface area contributed by atoms with Crippen LogP contribution in [0, 0.1) is 4.77 Å². The van der Waals surface area contributed by atoms with Gasteiger partial charge in [-0.2, -0.15) is 17.9 Å². The van der Waals surface area contributed by atoms with Gasteiger partial charge in [-0.25, -0.2) is 8.42 Å². The second-order valence-electron chi connectivity index (χ2n) is 7.67. The van der Waals surface area contributed by atoms with Crippen molar-refractivity contribution in [1.29, 1.82) is 0 Å². The van der Waals surface area contributed by atoms with E-state index in [4.69, 9.17) is 12.2 Å². The van der Waals surface area contributed by atoms with E-state index in [1.165, 1.54) is 23.8 Å². The van der Waals surface area contributed by atoms with Gasteiger partial charge in [-0.3, -0.25) is 23.9 Å². The van der Waals surface area contributed by atoms with Crippen molar-refractivity contribution >= 4 is 45.6 Å². The fourth-order valence-electron chi connectivity index (χ4n) is 3.75. The van der Waals surface area contributed by atoms with E-state index in [2.05, 4.69) is 10.3 Å². The third-order valence-electron chi connectivity index (χ3n) is 5.27. The SMILES string of the molecule is CC(=O)Nc1ccc(S(=O)(=O)N[C@]2(C(F)(F)F)C(=O)Nc3c2c(=O)[nH]c(=S)n3-c2ccccc2)cc1. The van der Waals surface area contributed by atoms with Crippen LogP contribution >= 0.6 is 12.2 Å². The molecule has 2 heterocycles. The van der Waals surface area contributed by atoms with E-state index in [9.17, 15) is 36.0 Å². The van der Waals surface area contributed by atoms with Crippen molar-refractivity contribution in [3.05, 3.63) is 75.3 Å². The summed E-state index contributed by atoms with van der Waals surface area (Å²) < 4.78 is 71.9. The molecule has 0 spiro atoms. The molecular weight excluding hydrogens is 523 g/mol. The Kier molecular flexibility index (Phi) is 6.10. The Hall–Kier alpha value is -3.82. The molecule has 2 aromatic carbocycles. The molecule has 188 valence electrons. The lowest BCUT2D eigenvalue weighted by atomic mass is 9.93. The Morgan fingerprint density at radius 2 is 1.67 bits per heavy atom. The first kappa shape index (κ1) is 25.3. The Balaban J connectivity index is 1.92. The minimum absolute atomic E-state index is 0.189. The van der Waals surface area contributed by atoms with Crippen molar-refractivity contribution in [3.63, 3.8) is 0 Å². The fourth-order valence-corrected chi connectivity index (χ4v) is 5.36. The predicted molar refractivity (Wildman–Crippen MR) is 125 cm³/mol. The lowest BCUT2D eigenvalue weighted by Gasteiger charge is -2.29. The maximum Gasteiger partial charge on any atom is 0.421 e. The molecule has 0 aliphatic carbocycles. The highest BCUT2D eigenvalue weighted by Gasteiger charge is 2.69. The van der Waals surface area contributed by atoms with E-state index < -0.39 is 55.4 Å². The molecule has 2 amide bonds. The van der Waals surface area contributed by atoms with Crippen LogP contribution in [0.5, 0.6) is 0 Å². The van der Waals surface area contributed by atoms with Gasteiger partial charge in [0.15, 0.2) is 4.77 Å². The van der Waals surface area contributed by atoms with Crippen molar-refractivity contribution in [3.8, 4) is 5.69 Å². The van der Waals surface area contributed by atoms with Crippen LogP contribution in [-0.4, -0.2) is 36.0 Å². The van der Waals surface area contributed by atoms with Crippen molar-refractivity contribution in [1.82, 2.24) is 14.3 Å². The lowest BCUT2D eigenvalue weighted by molar-refractivity contribution is -0.194. The van der Waals surface area contributed by atoms with E-state index in [-0.39, 0.29) is 16.1 Å². The van der Waals surface area contributed by atoms with Gasteiger partial charge in [0.2, 0.25) is 21.5 Å². The first-order valence-corrected chi connectivity index (χ1v) is 11.9. The maximum atomic E-state index is 14.6. The highest BCUT2D eigenvalue weighted by molar-refractivity contribution is 7.89. The molecule has 1 aliphatic rings. The van der Waals surface area contributed by atoms with E-state index in [0.717, 1.165) is 28.8 Å². The number of benzene rings is 2. The number of hydrogen-bond acceptors (Lipinski definition) is 6. The Labute approximate surface area is 206 Å². The number of rotatable bonds is 5. The number of fused-ring (bicyclic) bond motifs is 1. The predicted octanol–water partition coefficient (Wildman–Crippen LogP) is 2.54. The number of nitrogens with zero attached hydrogens (tertiary/aromatic N) is 1. The number of hydrogen-bond donors (Lipinski definition) is 4. The van der Waals surface area contributed by atoms with E-state index in [1.54, 1.807) is 18.2 Å². The topological polar surface area (TPSA) is 142 Å². The second-order valence-corrected chi connectivity index (χ2v) is 9.74. The van der Waals surface area contributed by atoms with E-state index >= 15 is 0 Å². The molecule has 4 N–H and O–H groups in total. The fraction of sp³-hybridized carbons (Fsp3) is 0.143. The molecule has 1 aliphatic heterocycles. The van der Waals surface area contributed by atoms with Gasteiger partial charge >= 0.3 is 6.18 Å². The minimum atomic E-state index is -5.59. The smallest absolute Gasteiger partial charge is 0.326 e. The zero-order valence-corrected chi connectivity index (χ0v) is 19.8. The summed E-state index contributed by atoms with van der Waals surface area (Å²) in [6, 6.07) is 11.8. The van der Waals surface area contributed by atoms with E-state index in [1.807, 2.05) is 5.32 Å². The van der Waals surface area contributed by atoms with Gasteiger partial charge in [0.05, 0.1) is 10.5 Å². The molecule has 0 radical (unpaired) electrons. The summed E-state index contributed by atoms with van der Waals surface area (Å²) in [6.45, 7) is 1.21. The molecule has 0 fully saturated rings. The normalized spacial score (nSPS) is 17.4. The number of alkyl halides is 3. The van der Waals surface area contributed by atoms with Crippen LogP contribution in [0.3, 0.4) is 0 Å². The molecule has 4 rings (SSSR count). The number of para-hydroxylation sites is 1. The maximum absolute atomic E-state index is 14.6. The summed E-state index contributed by atoms with van der Waals surface area (Å²) in [5.41, 5.74) is -6.18. The third kappa shape index (κ3) is 4.10. The van der Waals surface area contributed by atoms with Crippen molar-refractivity contribution in [2.24, 2.45) is 0 Å². The lowest BCUT2D eigenvalue weighted by Crippen LogP contribution is -2.61. The molecular formula is C21H16F3N5O5S2. The van der Waals surface area contributed by atoms with Gasteiger partial charge in [0, 0.05) is 18.3 Å². The van der Waals surface area contributed by atoms with Crippen LogP contribution in [0.4, 0.5) is 24.7 Å². The average molecular weight is 540 g/mol. The minimum Gasteiger partial charge on any atom is -0.326 e. The van der Waals surface area contributed by atoms with Gasteiger partial charge < -0.3 is 10.6 Å². The van der Waals surface area contributed by atoms with E-state index in [0.29, 0.717) is 0 Å². The van der Waals surface area contributed by atoms with Gasteiger partial charge in [-0.1, -0.05) is 18.2 Å². The zero-order chi connectivity index (χ0) is 26.5. The highest BCUT2D eigenvalue weighted by atomic mass is 32.2. The highest BCUT2D eigenvalue weighted by Crippen LogP contribution is 2.46. The molecule has 3 aromatic rings. The number of aromatic amines is 1. The summed E-state index contributed by atoms with van der Waals surface area (Å²) in [5.74, 6) is -2.91. The number of H-pyrrole nitrogens is 1. The molecule has 0 bridgehead atoms. The second kappa shape index (κ2) is 8.69. The number of sulfonamides is 1. The summed E-state index contributed by atoms with van der Waals surface area (Å²) in [6.07, 6.45) is -5.59. The Morgan fingerprint density at radius 1 is 1.06 bits per heavy atom. The van der Waals surface area contributed by atoms with Crippen LogP contribution in [-0.2, 0) is 25.2 Å². The zero-order valence-electron chi connectivity index (χ0n) is 18.1. The monoisotopic (exact) mass is 539 g/mol. The van der Waals surface area contributed by atoms with Gasteiger partial charge in [0.25, 0.3) is 11.5 Å². The van der Waals surface area contributed by atoms with Crippen LogP contribution < -0.4 is 20.9 Å². The summed E-state index contributed by atoms with van der Waals surface area (Å²) in [5, 5.41) is 4.38. The van der Waals surface area contributed by atoms with Gasteiger partial charge in [0.1, 0.15) is 5.82 Å². The number of aromatic nitrogens is 2. The van der Waals surface area contributed by atoms with Gasteiger partial charge in [-0.15, -0.1) is 0 Å². The molecule has 36 heavy (non-hydrogen) atoms. The summed E-state index contributed by atoms with van der Waals surface area (Å²) in [7, 11) is -5.04. The van der Waals surface area contributed by atoms with Crippen LogP contribution in [0.2, 0.25) is 0 Å². The molecule has 0 saturated heterocycles. The third-order valence-corrected chi connectivity index (χ3v) is 7.02. The number of carbonyl (C=O) groups is 2. The molecule has 1 atom stereocenters. The average Bonchev–Trinajstić information content (AvgIpc) is 3.07. The van der Waals surface area contributed by atoms with Crippen LogP contribution in [0.25, 0.3) is 5.69 Å². The molecule has 0 saturated carbocycles.